The Balaban J connectivity index is 1.40. The van der Waals surface area contributed by atoms with E-state index in [2.05, 4.69) is 4.98 Å². The van der Waals surface area contributed by atoms with Crippen molar-refractivity contribution < 1.29 is 32.2 Å². The van der Waals surface area contributed by atoms with E-state index < -0.39 is 23.4 Å². The minimum Gasteiger partial charge on any atom is -0.486 e. The average Bonchev–Trinajstić information content (AvgIpc) is 3.32. The Bertz CT molecular complexity index is 1770. The van der Waals surface area contributed by atoms with Gasteiger partial charge in [0.25, 0.3) is 0 Å². The lowest BCUT2D eigenvalue weighted by Gasteiger charge is -2.12. The van der Waals surface area contributed by atoms with Crippen LogP contribution in [0.4, 0.5) is 13.2 Å². The van der Waals surface area contributed by atoms with Crippen molar-refractivity contribution in [1.82, 2.24) is 9.55 Å². The maximum Gasteiger partial charge on any atom is 0.337 e. The minimum absolute atomic E-state index is 0.0930. The number of methoxy groups -OCH3 is 2. The number of nitrogens with zero attached hydrogens (tertiary/aromatic N) is 2. The van der Waals surface area contributed by atoms with Crippen molar-refractivity contribution >= 4 is 28.6 Å². The van der Waals surface area contributed by atoms with Crippen molar-refractivity contribution in [3.8, 4) is 16.9 Å². The van der Waals surface area contributed by atoms with Gasteiger partial charge in [0.15, 0.2) is 11.6 Å². The van der Waals surface area contributed by atoms with Gasteiger partial charge in [0.1, 0.15) is 24.1 Å². The highest BCUT2D eigenvalue weighted by atomic mass is 35.5. The van der Waals surface area contributed by atoms with Crippen LogP contribution >= 0.6 is 11.6 Å². The predicted molar refractivity (Wildman–Crippen MR) is 153 cm³/mol. The summed E-state index contributed by atoms with van der Waals surface area (Å²) in [7, 11) is 2.90. The Morgan fingerprint density at radius 3 is 2.33 bits per heavy atom. The first-order chi connectivity index (χ1) is 20.3. The molecule has 6 nitrogen and oxygen atoms in total. The van der Waals surface area contributed by atoms with Crippen LogP contribution in [-0.4, -0.2) is 36.3 Å². The van der Waals surface area contributed by atoms with Gasteiger partial charge in [-0.3, -0.25) is 0 Å². The quantitative estimate of drug-likeness (QED) is 0.158. The van der Waals surface area contributed by atoms with Crippen LogP contribution in [0.3, 0.4) is 0 Å². The molecule has 0 fully saturated rings. The fourth-order valence-electron chi connectivity index (χ4n) is 4.61. The molecule has 5 aromatic rings. The van der Waals surface area contributed by atoms with Gasteiger partial charge < -0.3 is 18.8 Å². The number of carbonyl (C=O) groups is 1. The summed E-state index contributed by atoms with van der Waals surface area (Å²) in [5, 5.41) is 0.245. The van der Waals surface area contributed by atoms with Crippen LogP contribution < -0.4 is 4.74 Å². The van der Waals surface area contributed by atoms with Crippen molar-refractivity contribution in [2.45, 2.75) is 19.6 Å². The number of rotatable bonds is 10. The highest BCUT2D eigenvalue weighted by molar-refractivity contribution is 6.30. The minimum atomic E-state index is -0.629. The van der Waals surface area contributed by atoms with Gasteiger partial charge in [-0.05, 0) is 65.2 Å². The van der Waals surface area contributed by atoms with Crippen molar-refractivity contribution in [2.24, 2.45) is 0 Å². The summed E-state index contributed by atoms with van der Waals surface area (Å²) in [4.78, 5) is 16.7. The summed E-state index contributed by atoms with van der Waals surface area (Å²) in [6, 6.07) is 18.1. The first-order valence-corrected chi connectivity index (χ1v) is 13.4. The predicted octanol–water partition coefficient (Wildman–Crippen LogP) is 7.38. The molecule has 1 heterocycles. The summed E-state index contributed by atoms with van der Waals surface area (Å²) in [5.41, 5.74) is 3.40. The molecule has 1 aromatic heterocycles. The Morgan fingerprint density at radius 1 is 0.857 bits per heavy atom. The molecule has 0 spiro atoms. The Kier molecular flexibility index (Phi) is 8.80. The number of carbonyl (C=O) groups excluding carboxylic acids is 1. The maximum atomic E-state index is 15.4. The number of benzene rings is 4. The molecule has 4 aromatic carbocycles. The number of imidazole rings is 1. The van der Waals surface area contributed by atoms with Gasteiger partial charge in [0.05, 0.1) is 30.3 Å². The lowest BCUT2D eigenvalue weighted by molar-refractivity contribution is 0.0601. The summed E-state index contributed by atoms with van der Waals surface area (Å²) < 4.78 is 61.5. The van der Waals surface area contributed by atoms with Gasteiger partial charge in [0, 0.05) is 30.7 Å². The second kappa shape index (κ2) is 12.7. The van der Waals surface area contributed by atoms with E-state index in [1.54, 1.807) is 37.4 Å². The third kappa shape index (κ3) is 6.27. The van der Waals surface area contributed by atoms with Crippen molar-refractivity contribution in [1.29, 1.82) is 0 Å². The fourth-order valence-corrected chi connectivity index (χ4v) is 4.77. The zero-order valence-electron chi connectivity index (χ0n) is 22.8. The van der Waals surface area contributed by atoms with E-state index in [0.717, 1.165) is 6.07 Å². The number of fused-ring (bicyclic) bond motifs is 1. The molecule has 0 aliphatic heterocycles. The molecule has 0 aliphatic rings. The van der Waals surface area contributed by atoms with Gasteiger partial charge in [-0.2, -0.15) is 0 Å². The number of esters is 1. The monoisotopic (exact) mass is 594 g/mol. The van der Waals surface area contributed by atoms with Crippen LogP contribution in [0.25, 0.3) is 22.2 Å². The van der Waals surface area contributed by atoms with Gasteiger partial charge in [-0.1, -0.05) is 35.9 Å². The highest BCUT2D eigenvalue weighted by Crippen LogP contribution is 2.30. The van der Waals surface area contributed by atoms with E-state index >= 15 is 4.39 Å². The van der Waals surface area contributed by atoms with Crippen LogP contribution in [0, 0.1) is 17.5 Å². The molecule has 0 bridgehead atoms. The molecule has 0 radical (unpaired) electrons. The largest absolute Gasteiger partial charge is 0.486 e. The Hall–Kier alpha value is -4.34. The lowest BCUT2D eigenvalue weighted by Crippen LogP contribution is -2.10. The number of hydrogen-bond acceptors (Lipinski definition) is 5. The number of aromatic nitrogens is 2. The molecular formula is C32H26ClF3N2O4. The van der Waals surface area contributed by atoms with E-state index in [4.69, 9.17) is 25.8 Å². The standard InChI is InChI=1S/C32H26ClF3N2O4/c1-40-12-11-38-29-14-22(32(39)41-2)7-10-28(29)37-31(38)16-21-4-3-19(13-26(21)35)20-6-9-25(34)30(15-20)42-18-23-5-8-24(33)17-27(23)36/h3-10,13-15,17H,11-12,16,18H2,1-2H3. The van der Waals surface area contributed by atoms with Crippen LogP contribution in [0.1, 0.15) is 27.3 Å². The van der Waals surface area contributed by atoms with Crippen LogP contribution in [0.5, 0.6) is 5.75 Å². The molecule has 0 aliphatic carbocycles. The van der Waals surface area contributed by atoms with Gasteiger partial charge in [0.2, 0.25) is 0 Å². The van der Waals surface area contributed by atoms with Crippen molar-refractivity contribution in [3.05, 3.63) is 118 Å². The fraction of sp³-hybridized carbons (Fsp3) is 0.188. The first kappa shape index (κ1) is 29.2. The van der Waals surface area contributed by atoms with E-state index in [9.17, 15) is 13.6 Å². The van der Waals surface area contributed by atoms with Crippen LogP contribution in [0.2, 0.25) is 5.02 Å². The van der Waals surface area contributed by atoms with Gasteiger partial charge >= 0.3 is 5.97 Å². The summed E-state index contributed by atoms with van der Waals surface area (Å²) in [6.07, 6.45) is 0.183. The Morgan fingerprint density at radius 2 is 1.60 bits per heavy atom. The third-order valence-electron chi connectivity index (χ3n) is 6.83. The molecule has 5 rings (SSSR count). The average molecular weight is 595 g/mol. The van der Waals surface area contributed by atoms with E-state index in [1.807, 2.05) is 4.57 Å². The second-order valence-electron chi connectivity index (χ2n) is 9.52. The van der Waals surface area contributed by atoms with Crippen LogP contribution in [-0.2, 0) is 29.0 Å². The number of halogens is 4. The van der Waals surface area contributed by atoms with E-state index in [0.29, 0.717) is 52.3 Å². The Labute approximate surface area is 245 Å². The first-order valence-electron chi connectivity index (χ1n) is 13.0. The zero-order valence-corrected chi connectivity index (χ0v) is 23.6. The molecule has 0 N–H and O–H groups in total. The molecule has 42 heavy (non-hydrogen) atoms. The molecule has 0 saturated heterocycles. The summed E-state index contributed by atoms with van der Waals surface area (Å²) in [5.74, 6) is -1.62. The number of hydrogen-bond donors (Lipinski definition) is 0. The third-order valence-corrected chi connectivity index (χ3v) is 7.07. The zero-order chi connectivity index (χ0) is 29.8. The molecular weight excluding hydrogens is 569 g/mol. The SMILES string of the molecule is COCCn1c(Cc2ccc(-c3ccc(F)c(OCc4ccc(Cl)cc4F)c3)cc2F)nc2ccc(C(=O)OC)cc21. The highest BCUT2D eigenvalue weighted by Gasteiger charge is 2.17. The number of ether oxygens (including phenoxy) is 3. The molecule has 0 atom stereocenters. The summed E-state index contributed by atoms with van der Waals surface area (Å²) >= 11 is 5.79. The van der Waals surface area contributed by atoms with Crippen LogP contribution in [0.15, 0.2) is 72.8 Å². The van der Waals surface area contributed by atoms with Gasteiger partial charge in [-0.15, -0.1) is 0 Å². The lowest BCUT2D eigenvalue weighted by atomic mass is 10.0. The van der Waals surface area contributed by atoms with Gasteiger partial charge in [-0.25, -0.2) is 22.9 Å². The summed E-state index contributed by atoms with van der Waals surface area (Å²) in [6.45, 7) is 0.634. The molecule has 10 heteroatoms. The molecule has 0 unspecified atom stereocenters. The van der Waals surface area contributed by atoms with Crippen molar-refractivity contribution in [2.75, 3.05) is 20.8 Å². The smallest absolute Gasteiger partial charge is 0.337 e. The topological polar surface area (TPSA) is 62.6 Å². The maximum absolute atomic E-state index is 15.4. The van der Waals surface area contributed by atoms with Crippen molar-refractivity contribution in [3.63, 3.8) is 0 Å². The molecule has 216 valence electrons. The van der Waals surface area contributed by atoms with E-state index in [1.165, 1.54) is 43.5 Å². The second-order valence-corrected chi connectivity index (χ2v) is 9.96. The molecule has 0 amide bonds. The molecule has 0 saturated carbocycles. The van der Waals surface area contributed by atoms with E-state index in [-0.39, 0.29) is 29.4 Å². The normalized spacial score (nSPS) is 11.2.